The maximum atomic E-state index is 9.35. The highest BCUT2D eigenvalue weighted by atomic mass is 16.5. The predicted molar refractivity (Wildman–Crippen MR) is 60.4 cm³/mol. The van der Waals surface area contributed by atoms with Gasteiger partial charge in [-0.15, -0.1) is 0 Å². The Morgan fingerprint density at radius 1 is 1.12 bits per heavy atom. The monoisotopic (exact) mass is 223 g/mol. The summed E-state index contributed by atoms with van der Waals surface area (Å²) in [7, 11) is 0. The van der Waals surface area contributed by atoms with Crippen LogP contribution in [-0.4, -0.2) is 53.6 Å². The predicted octanol–water partition coefficient (Wildman–Crippen LogP) is 0.103. The molecule has 1 aliphatic rings. The first-order valence-corrected chi connectivity index (χ1v) is 5.52. The molecule has 0 saturated carbocycles. The SMILES string of the molecule is OC1CN(CCOc2ccccc2)CC1O. The van der Waals surface area contributed by atoms with Crippen LogP contribution < -0.4 is 4.74 Å². The number of aliphatic hydroxyl groups is 2. The quantitative estimate of drug-likeness (QED) is 0.760. The Hall–Kier alpha value is -1.10. The molecule has 0 spiro atoms. The molecule has 4 nitrogen and oxygen atoms in total. The zero-order valence-corrected chi connectivity index (χ0v) is 9.12. The molecule has 1 aliphatic heterocycles. The summed E-state index contributed by atoms with van der Waals surface area (Å²) in [5.41, 5.74) is 0. The van der Waals surface area contributed by atoms with Crippen molar-refractivity contribution in [2.45, 2.75) is 12.2 Å². The molecule has 0 amide bonds. The van der Waals surface area contributed by atoms with Crippen molar-refractivity contribution in [2.75, 3.05) is 26.2 Å². The summed E-state index contributed by atoms with van der Waals surface area (Å²) in [5.74, 6) is 0.850. The number of ether oxygens (including phenoxy) is 1. The molecule has 1 aromatic carbocycles. The van der Waals surface area contributed by atoms with E-state index in [2.05, 4.69) is 0 Å². The maximum Gasteiger partial charge on any atom is 0.119 e. The number of hydrogen-bond acceptors (Lipinski definition) is 4. The molecule has 2 unspecified atom stereocenters. The fourth-order valence-electron chi connectivity index (χ4n) is 1.84. The van der Waals surface area contributed by atoms with E-state index in [-0.39, 0.29) is 0 Å². The first-order chi connectivity index (χ1) is 7.75. The molecule has 16 heavy (non-hydrogen) atoms. The number of nitrogens with zero attached hydrogens (tertiary/aromatic N) is 1. The minimum absolute atomic E-state index is 0.527. The van der Waals surface area contributed by atoms with Gasteiger partial charge in [0.15, 0.2) is 0 Å². The van der Waals surface area contributed by atoms with Crippen LogP contribution in [0.4, 0.5) is 0 Å². The van der Waals surface area contributed by atoms with Gasteiger partial charge in [-0.3, -0.25) is 4.90 Å². The van der Waals surface area contributed by atoms with E-state index in [0.717, 1.165) is 12.3 Å². The normalized spacial score (nSPS) is 25.9. The highest BCUT2D eigenvalue weighted by molar-refractivity contribution is 5.20. The molecule has 4 heteroatoms. The molecule has 1 aromatic rings. The van der Waals surface area contributed by atoms with Crippen molar-refractivity contribution in [3.05, 3.63) is 30.3 Å². The Labute approximate surface area is 95.1 Å². The second-order valence-corrected chi connectivity index (χ2v) is 4.06. The molecule has 1 fully saturated rings. The summed E-state index contributed by atoms with van der Waals surface area (Å²) in [5, 5.41) is 18.7. The zero-order valence-electron chi connectivity index (χ0n) is 9.12. The van der Waals surface area contributed by atoms with Crippen LogP contribution in [0.5, 0.6) is 5.75 Å². The molecule has 2 atom stereocenters. The van der Waals surface area contributed by atoms with Crippen LogP contribution in [0.1, 0.15) is 0 Å². The van der Waals surface area contributed by atoms with Crippen LogP contribution in [-0.2, 0) is 0 Å². The second-order valence-electron chi connectivity index (χ2n) is 4.06. The lowest BCUT2D eigenvalue weighted by Crippen LogP contribution is -2.27. The van der Waals surface area contributed by atoms with Gasteiger partial charge in [-0.1, -0.05) is 18.2 Å². The lowest BCUT2D eigenvalue weighted by Gasteiger charge is -2.14. The van der Waals surface area contributed by atoms with Gasteiger partial charge < -0.3 is 14.9 Å². The summed E-state index contributed by atoms with van der Waals surface area (Å²) in [6, 6.07) is 9.62. The van der Waals surface area contributed by atoms with Crippen molar-refractivity contribution in [1.29, 1.82) is 0 Å². The van der Waals surface area contributed by atoms with Gasteiger partial charge in [-0.25, -0.2) is 0 Å². The van der Waals surface area contributed by atoms with Gasteiger partial charge >= 0.3 is 0 Å². The van der Waals surface area contributed by atoms with Gasteiger partial charge in [0.2, 0.25) is 0 Å². The van der Waals surface area contributed by atoms with E-state index in [1.807, 2.05) is 35.2 Å². The summed E-state index contributed by atoms with van der Waals surface area (Å²) >= 11 is 0. The maximum absolute atomic E-state index is 9.35. The van der Waals surface area contributed by atoms with Gasteiger partial charge in [-0.2, -0.15) is 0 Å². The highest BCUT2D eigenvalue weighted by Gasteiger charge is 2.28. The van der Waals surface area contributed by atoms with E-state index >= 15 is 0 Å². The number of benzene rings is 1. The van der Waals surface area contributed by atoms with Gasteiger partial charge in [0.1, 0.15) is 12.4 Å². The van der Waals surface area contributed by atoms with Crippen molar-refractivity contribution < 1.29 is 14.9 Å². The Morgan fingerprint density at radius 2 is 1.75 bits per heavy atom. The molecule has 0 bridgehead atoms. The first-order valence-electron chi connectivity index (χ1n) is 5.52. The largest absolute Gasteiger partial charge is 0.492 e. The first kappa shape index (κ1) is 11.4. The van der Waals surface area contributed by atoms with Crippen LogP contribution >= 0.6 is 0 Å². The van der Waals surface area contributed by atoms with Crippen LogP contribution in [0.2, 0.25) is 0 Å². The Balaban J connectivity index is 1.69. The third-order valence-electron chi connectivity index (χ3n) is 2.75. The summed E-state index contributed by atoms with van der Waals surface area (Å²) in [6.45, 7) is 2.35. The van der Waals surface area contributed by atoms with Gasteiger partial charge in [0, 0.05) is 19.6 Å². The van der Waals surface area contributed by atoms with E-state index in [1.54, 1.807) is 0 Å². The molecular weight excluding hydrogens is 206 g/mol. The lowest BCUT2D eigenvalue weighted by molar-refractivity contribution is 0.0572. The van der Waals surface area contributed by atoms with Crippen LogP contribution in [0, 0.1) is 0 Å². The van der Waals surface area contributed by atoms with E-state index in [0.29, 0.717) is 19.7 Å². The Morgan fingerprint density at radius 3 is 2.38 bits per heavy atom. The Bertz CT molecular complexity index is 307. The van der Waals surface area contributed by atoms with Crippen molar-refractivity contribution in [2.24, 2.45) is 0 Å². The van der Waals surface area contributed by atoms with Gasteiger partial charge in [0.05, 0.1) is 12.2 Å². The van der Waals surface area contributed by atoms with E-state index in [9.17, 15) is 10.2 Å². The van der Waals surface area contributed by atoms with Crippen molar-refractivity contribution >= 4 is 0 Å². The molecular formula is C12H17NO3. The summed E-state index contributed by atoms with van der Waals surface area (Å²) in [6.07, 6.45) is -1.23. The molecule has 88 valence electrons. The molecule has 2 N–H and O–H groups in total. The number of rotatable bonds is 4. The molecule has 0 radical (unpaired) electrons. The van der Waals surface area contributed by atoms with Crippen LogP contribution in [0.3, 0.4) is 0 Å². The zero-order chi connectivity index (χ0) is 11.4. The second kappa shape index (κ2) is 5.30. The van der Waals surface area contributed by atoms with Crippen LogP contribution in [0.15, 0.2) is 30.3 Å². The number of likely N-dealkylation sites (tertiary alicyclic amines) is 1. The standard InChI is InChI=1S/C12H17NO3/c14-11-8-13(9-12(11)15)6-7-16-10-4-2-1-3-5-10/h1-5,11-12,14-15H,6-9H2. The van der Waals surface area contributed by atoms with Crippen LogP contribution in [0.25, 0.3) is 0 Å². The van der Waals surface area contributed by atoms with Gasteiger partial charge in [-0.05, 0) is 12.1 Å². The number of β-amino-alcohol motifs (C(OH)–C–C–N with tert-alkyl or cyclic N) is 2. The third-order valence-corrected chi connectivity index (χ3v) is 2.75. The fourth-order valence-corrected chi connectivity index (χ4v) is 1.84. The number of para-hydroxylation sites is 1. The topological polar surface area (TPSA) is 52.9 Å². The smallest absolute Gasteiger partial charge is 0.119 e. The minimum atomic E-state index is -0.614. The number of hydrogen-bond donors (Lipinski definition) is 2. The van der Waals surface area contributed by atoms with E-state index < -0.39 is 12.2 Å². The average Bonchev–Trinajstić information content (AvgIpc) is 2.60. The fraction of sp³-hybridized carbons (Fsp3) is 0.500. The molecule has 1 saturated heterocycles. The van der Waals surface area contributed by atoms with E-state index in [1.165, 1.54) is 0 Å². The molecule has 0 aliphatic carbocycles. The molecule has 1 heterocycles. The number of aliphatic hydroxyl groups excluding tert-OH is 2. The molecule has 0 aromatic heterocycles. The Kier molecular flexibility index (Phi) is 3.77. The lowest BCUT2D eigenvalue weighted by atomic mass is 10.3. The van der Waals surface area contributed by atoms with Crippen molar-refractivity contribution in [3.8, 4) is 5.75 Å². The highest BCUT2D eigenvalue weighted by Crippen LogP contribution is 2.11. The third kappa shape index (κ3) is 2.95. The van der Waals surface area contributed by atoms with E-state index in [4.69, 9.17) is 4.74 Å². The van der Waals surface area contributed by atoms with Crippen molar-refractivity contribution in [1.82, 2.24) is 4.90 Å². The summed E-state index contributed by atoms with van der Waals surface area (Å²) < 4.78 is 5.53. The summed E-state index contributed by atoms with van der Waals surface area (Å²) in [4.78, 5) is 2.00. The average molecular weight is 223 g/mol. The van der Waals surface area contributed by atoms with Gasteiger partial charge in [0.25, 0.3) is 0 Å². The minimum Gasteiger partial charge on any atom is -0.492 e. The van der Waals surface area contributed by atoms with Crippen molar-refractivity contribution in [3.63, 3.8) is 0 Å². The molecule has 2 rings (SSSR count).